The Balaban J connectivity index is 1.78. The van der Waals surface area contributed by atoms with Crippen molar-refractivity contribution in [2.75, 3.05) is 13.2 Å². The van der Waals surface area contributed by atoms with Gasteiger partial charge in [0, 0.05) is 29.7 Å². The lowest BCUT2D eigenvalue weighted by molar-refractivity contribution is 0.00417. The summed E-state index contributed by atoms with van der Waals surface area (Å²) in [5.74, 6) is 1.03. The number of fused-ring (bicyclic) bond motifs is 3. The summed E-state index contributed by atoms with van der Waals surface area (Å²) in [4.78, 5) is 9.56. The van der Waals surface area contributed by atoms with Crippen LogP contribution < -0.4 is 0 Å². The SMILES string of the molecule is C[C@@H]1C[C@H](n2c(C3CCCO3)nc3cnc4ccc(Cl)cc4c32)CCO1. The van der Waals surface area contributed by atoms with Gasteiger partial charge in [0.05, 0.1) is 23.3 Å². The second-order valence-corrected chi connectivity index (χ2v) is 7.79. The maximum Gasteiger partial charge on any atom is 0.139 e. The van der Waals surface area contributed by atoms with Crippen molar-refractivity contribution >= 4 is 33.5 Å². The van der Waals surface area contributed by atoms with Crippen LogP contribution in [0.4, 0.5) is 0 Å². The first-order valence-corrected chi connectivity index (χ1v) is 9.78. The lowest BCUT2D eigenvalue weighted by Crippen LogP contribution is -2.27. The van der Waals surface area contributed by atoms with Crippen LogP contribution in [0.1, 0.15) is 50.6 Å². The summed E-state index contributed by atoms with van der Waals surface area (Å²) in [6.45, 7) is 3.73. The highest BCUT2D eigenvalue weighted by atomic mass is 35.5. The molecule has 26 heavy (non-hydrogen) atoms. The van der Waals surface area contributed by atoms with Gasteiger partial charge in [-0.2, -0.15) is 0 Å². The van der Waals surface area contributed by atoms with Crippen LogP contribution in [0.2, 0.25) is 5.02 Å². The molecule has 1 aromatic carbocycles. The van der Waals surface area contributed by atoms with E-state index in [0.29, 0.717) is 6.04 Å². The lowest BCUT2D eigenvalue weighted by atomic mass is 10.0. The summed E-state index contributed by atoms with van der Waals surface area (Å²) < 4.78 is 14.2. The summed E-state index contributed by atoms with van der Waals surface area (Å²) in [6.07, 6.45) is 6.27. The molecule has 5 rings (SSSR count). The summed E-state index contributed by atoms with van der Waals surface area (Å²) in [5, 5.41) is 1.78. The molecule has 2 aliphatic rings. The van der Waals surface area contributed by atoms with E-state index in [4.69, 9.17) is 26.1 Å². The van der Waals surface area contributed by atoms with Crippen molar-refractivity contribution in [3.8, 4) is 0 Å². The number of ether oxygens (including phenoxy) is 2. The number of aromatic nitrogens is 3. The third kappa shape index (κ3) is 2.70. The van der Waals surface area contributed by atoms with Gasteiger partial charge in [0.1, 0.15) is 17.4 Å². The van der Waals surface area contributed by atoms with Gasteiger partial charge in [-0.05, 0) is 50.8 Å². The largest absolute Gasteiger partial charge is 0.378 e. The molecule has 2 aliphatic heterocycles. The molecule has 0 radical (unpaired) electrons. The van der Waals surface area contributed by atoms with Crippen LogP contribution in [-0.2, 0) is 9.47 Å². The molecule has 0 amide bonds. The molecule has 1 unspecified atom stereocenters. The van der Waals surface area contributed by atoms with Gasteiger partial charge < -0.3 is 14.0 Å². The van der Waals surface area contributed by atoms with E-state index in [9.17, 15) is 0 Å². The predicted octanol–water partition coefficient (Wildman–Crippen LogP) is 4.83. The first-order chi connectivity index (χ1) is 12.7. The summed E-state index contributed by atoms with van der Waals surface area (Å²) in [5.41, 5.74) is 2.99. The van der Waals surface area contributed by atoms with Crippen LogP contribution in [0.25, 0.3) is 21.9 Å². The quantitative estimate of drug-likeness (QED) is 0.647. The number of benzene rings is 1. The number of rotatable bonds is 2. The minimum absolute atomic E-state index is 0.0646. The zero-order chi connectivity index (χ0) is 17.7. The predicted molar refractivity (Wildman–Crippen MR) is 102 cm³/mol. The average molecular weight is 372 g/mol. The van der Waals surface area contributed by atoms with E-state index in [0.717, 1.165) is 71.7 Å². The van der Waals surface area contributed by atoms with Crippen LogP contribution in [-0.4, -0.2) is 33.9 Å². The first kappa shape index (κ1) is 16.5. The Bertz CT molecular complexity index is 964. The van der Waals surface area contributed by atoms with Gasteiger partial charge in [0.25, 0.3) is 0 Å². The summed E-state index contributed by atoms with van der Waals surface area (Å²) in [6, 6.07) is 6.23. The van der Waals surface area contributed by atoms with Crippen molar-refractivity contribution in [3.05, 3.63) is 35.2 Å². The van der Waals surface area contributed by atoms with E-state index in [1.807, 2.05) is 24.4 Å². The molecule has 2 fully saturated rings. The van der Waals surface area contributed by atoms with Gasteiger partial charge >= 0.3 is 0 Å². The van der Waals surface area contributed by atoms with E-state index >= 15 is 0 Å². The Morgan fingerprint density at radius 1 is 1.15 bits per heavy atom. The van der Waals surface area contributed by atoms with Crippen LogP contribution in [0.5, 0.6) is 0 Å². The maximum atomic E-state index is 6.31. The van der Waals surface area contributed by atoms with Crippen LogP contribution in [0, 0.1) is 0 Å². The number of hydrogen-bond acceptors (Lipinski definition) is 4. The average Bonchev–Trinajstić information content (AvgIpc) is 3.29. The van der Waals surface area contributed by atoms with Crippen molar-refractivity contribution < 1.29 is 9.47 Å². The molecular weight excluding hydrogens is 350 g/mol. The molecule has 2 aromatic heterocycles. The molecule has 0 aliphatic carbocycles. The smallest absolute Gasteiger partial charge is 0.139 e. The van der Waals surface area contributed by atoms with E-state index in [2.05, 4.69) is 16.5 Å². The Morgan fingerprint density at radius 3 is 2.88 bits per heavy atom. The Hall–Kier alpha value is -1.69. The molecule has 2 saturated heterocycles. The van der Waals surface area contributed by atoms with Gasteiger partial charge in [-0.25, -0.2) is 4.98 Å². The van der Waals surface area contributed by atoms with Gasteiger partial charge in [-0.15, -0.1) is 0 Å². The fraction of sp³-hybridized carbons (Fsp3) is 0.500. The molecule has 136 valence electrons. The second kappa shape index (κ2) is 6.48. The normalized spacial score (nSPS) is 26.8. The number of halogens is 1. The third-order valence-electron chi connectivity index (χ3n) is 5.55. The standard InChI is InChI=1S/C20H22ClN3O2/c1-12-9-14(6-8-25-12)24-19-15-10-13(21)4-5-16(15)22-11-17(19)23-20(24)18-3-2-7-26-18/h4-5,10-12,14,18H,2-3,6-9H2,1H3/t12-,14-,18?/m1/s1. The van der Waals surface area contributed by atoms with Crippen LogP contribution in [0.3, 0.4) is 0 Å². The summed E-state index contributed by atoms with van der Waals surface area (Å²) in [7, 11) is 0. The van der Waals surface area contributed by atoms with Crippen molar-refractivity contribution in [1.29, 1.82) is 0 Å². The molecule has 0 bridgehead atoms. The Morgan fingerprint density at radius 2 is 2.08 bits per heavy atom. The maximum absolute atomic E-state index is 6.31. The number of pyridine rings is 1. The lowest BCUT2D eigenvalue weighted by Gasteiger charge is -2.30. The van der Waals surface area contributed by atoms with Gasteiger partial charge in [0.15, 0.2) is 0 Å². The molecule has 0 saturated carbocycles. The number of nitrogens with zero attached hydrogens (tertiary/aromatic N) is 3. The Kier molecular flexibility index (Phi) is 4.11. The highest BCUT2D eigenvalue weighted by molar-refractivity contribution is 6.31. The van der Waals surface area contributed by atoms with E-state index in [-0.39, 0.29) is 12.2 Å². The molecule has 3 atom stereocenters. The number of imidazole rings is 1. The van der Waals surface area contributed by atoms with Gasteiger partial charge in [-0.3, -0.25) is 4.98 Å². The highest BCUT2D eigenvalue weighted by Gasteiger charge is 2.31. The van der Waals surface area contributed by atoms with Crippen molar-refractivity contribution in [2.45, 2.75) is 50.9 Å². The molecule has 6 heteroatoms. The zero-order valence-electron chi connectivity index (χ0n) is 14.8. The first-order valence-electron chi connectivity index (χ1n) is 9.40. The van der Waals surface area contributed by atoms with Crippen molar-refractivity contribution in [1.82, 2.24) is 14.5 Å². The van der Waals surface area contributed by atoms with Crippen LogP contribution >= 0.6 is 11.6 Å². The molecule has 3 aromatic rings. The van der Waals surface area contributed by atoms with Crippen molar-refractivity contribution in [3.63, 3.8) is 0 Å². The van der Waals surface area contributed by atoms with Gasteiger partial charge in [-0.1, -0.05) is 11.6 Å². The number of hydrogen-bond donors (Lipinski definition) is 0. The minimum atomic E-state index is 0.0646. The fourth-order valence-corrected chi connectivity index (χ4v) is 4.53. The van der Waals surface area contributed by atoms with E-state index in [1.54, 1.807) is 0 Å². The molecule has 4 heterocycles. The second-order valence-electron chi connectivity index (χ2n) is 7.35. The molecular formula is C20H22ClN3O2. The third-order valence-corrected chi connectivity index (χ3v) is 5.78. The molecule has 0 N–H and O–H groups in total. The zero-order valence-corrected chi connectivity index (χ0v) is 15.6. The van der Waals surface area contributed by atoms with E-state index in [1.165, 1.54) is 0 Å². The Labute approximate surface area is 157 Å². The fourth-order valence-electron chi connectivity index (χ4n) is 4.35. The summed E-state index contributed by atoms with van der Waals surface area (Å²) >= 11 is 6.31. The highest BCUT2D eigenvalue weighted by Crippen LogP contribution is 2.38. The monoisotopic (exact) mass is 371 g/mol. The van der Waals surface area contributed by atoms with Crippen molar-refractivity contribution in [2.24, 2.45) is 0 Å². The minimum Gasteiger partial charge on any atom is -0.378 e. The topological polar surface area (TPSA) is 49.2 Å². The van der Waals surface area contributed by atoms with E-state index < -0.39 is 0 Å². The van der Waals surface area contributed by atoms with Crippen LogP contribution in [0.15, 0.2) is 24.4 Å². The molecule has 0 spiro atoms. The molecule has 5 nitrogen and oxygen atoms in total. The van der Waals surface area contributed by atoms with Gasteiger partial charge in [0.2, 0.25) is 0 Å².